The Hall–Kier alpha value is -1.96. The minimum absolute atomic E-state index is 0.0239. The average Bonchev–Trinajstić information content (AvgIpc) is 2.70. The fourth-order valence-corrected chi connectivity index (χ4v) is 1.89. The zero-order chi connectivity index (χ0) is 14.0. The van der Waals surface area contributed by atoms with Crippen molar-refractivity contribution in [1.82, 2.24) is 15.5 Å². The third kappa shape index (κ3) is 2.90. The van der Waals surface area contributed by atoms with Gasteiger partial charge in [-0.25, -0.2) is 8.78 Å². The smallest absolute Gasteiger partial charge is 0.257 e. The van der Waals surface area contributed by atoms with E-state index >= 15 is 0 Å². The summed E-state index contributed by atoms with van der Waals surface area (Å²) in [4.78, 5) is 11.7. The van der Waals surface area contributed by atoms with Crippen molar-refractivity contribution in [2.24, 2.45) is 0 Å². The van der Waals surface area contributed by atoms with E-state index in [9.17, 15) is 13.6 Å². The highest BCUT2D eigenvalue weighted by Gasteiger charge is 2.18. The van der Waals surface area contributed by atoms with Crippen LogP contribution in [0.25, 0.3) is 0 Å². The first-order chi connectivity index (χ1) is 8.99. The molecule has 2 aromatic rings. The number of hydrogen-bond acceptors (Lipinski definition) is 3. The summed E-state index contributed by atoms with van der Waals surface area (Å²) >= 11 is 2.94. The molecule has 5 nitrogen and oxygen atoms in total. The molecule has 8 heteroatoms. The highest BCUT2D eigenvalue weighted by atomic mass is 79.9. The first kappa shape index (κ1) is 13.5. The zero-order valence-corrected chi connectivity index (χ0v) is 11.1. The molecule has 0 atom stereocenters. The summed E-state index contributed by atoms with van der Waals surface area (Å²) in [5, 5.41) is 8.52. The lowest BCUT2D eigenvalue weighted by Crippen LogP contribution is -2.25. The van der Waals surface area contributed by atoms with Crippen molar-refractivity contribution in [3.05, 3.63) is 45.6 Å². The van der Waals surface area contributed by atoms with E-state index in [0.717, 1.165) is 12.1 Å². The maximum Gasteiger partial charge on any atom is 0.257 e. The van der Waals surface area contributed by atoms with Gasteiger partial charge in [-0.3, -0.25) is 9.89 Å². The Morgan fingerprint density at radius 1 is 1.42 bits per heavy atom. The molecule has 1 aromatic carbocycles. The van der Waals surface area contributed by atoms with Gasteiger partial charge in [-0.05, 0) is 12.1 Å². The lowest BCUT2D eigenvalue weighted by atomic mass is 10.2. The summed E-state index contributed by atoms with van der Waals surface area (Å²) in [5.74, 6) is -2.45. The van der Waals surface area contributed by atoms with Crippen LogP contribution in [0.1, 0.15) is 15.9 Å². The molecule has 1 heterocycles. The maximum atomic E-state index is 13.5. The van der Waals surface area contributed by atoms with E-state index in [4.69, 9.17) is 5.73 Å². The molecular formula is C11H9BrF2N4O. The number of aromatic amines is 1. The van der Waals surface area contributed by atoms with Crippen LogP contribution in [0.5, 0.6) is 0 Å². The van der Waals surface area contributed by atoms with Gasteiger partial charge in [0.25, 0.3) is 5.91 Å². The van der Waals surface area contributed by atoms with E-state index in [0.29, 0.717) is 5.56 Å². The highest BCUT2D eigenvalue weighted by molar-refractivity contribution is 9.10. The summed E-state index contributed by atoms with van der Waals surface area (Å²) < 4.78 is 27.3. The number of benzene rings is 1. The lowest BCUT2D eigenvalue weighted by molar-refractivity contribution is 0.0942. The Bertz CT molecular complexity index is 606. The van der Waals surface area contributed by atoms with Gasteiger partial charge in [-0.2, -0.15) is 5.10 Å². The Labute approximate surface area is 115 Å². The van der Waals surface area contributed by atoms with Gasteiger partial charge >= 0.3 is 0 Å². The van der Waals surface area contributed by atoms with Crippen LogP contribution in [0.15, 0.2) is 22.8 Å². The summed E-state index contributed by atoms with van der Waals surface area (Å²) in [6, 6.07) is 2.04. The monoisotopic (exact) mass is 330 g/mol. The number of nitrogens with one attached hydrogen (secondary N) is 2. The van der Waals surface area contributed by atoms with Crippen molar-refractivity contribution in [2.45, 2.75) is 6.54 Å². The van der Waals surface area contributed by atoms with Crippen LogP contribution in [-0.4, -0.2) is 16.1 Å². The van der Waals surface area contributed by atoms with Crippen LogP contribution < -0.4 is 11.1 Å². The van der Waals surface area contributed by atoms with Gasteiger partial charge < -0.3 is 11.1 Å². The number of rotatable bonds is 3. The minimum Gasteiger partial charge on any atom is -0.384 e. The third-order valence-corrected chi connectivity index (χ3v) is 2.88. The lowest BCUT2D eigenvalue weighted by Gasteiger charge is -2.07. The van der Waals surface area contributed by atoms with E-state index in [1.807, 2.05) is 0 Å². The molecule has 0 saturated heterocycles. The van der Waals surface area contributed by atoms with Crippen LogP contribution >= 0.6 is 15.9 Å². The maximum absolute atomic E-state index is 13.5. The van der Waals surface area contributed by atoms with E-state index in [1.54, 1.807) is 0 Å². The predicted molar refractivity (Wildman–Crippen MR) is 68.2 cm³/mol. The van der Waals surface area contributed by atoms with Gasteiger partial charge in [-0.15, -0.1) is 0 Å². The topological polar surface area (TPSA) is 83.8 Å². The van der Waals surface area contributed by atoms with Crippen molar-refractivity contribution < 1.29 is 13.6 Å². The summed E-state index contributed by atoms with van der Waals surface area (Å²) in [5.41, 5.74) is 5.42. The number of carbonyl (C=O) groups excluding carboxylic acids is 1. The molecule has 1 amide bonds. The van der Waals surface area contributed by atoms with Crippen molar-refractivity contribution in [1.29, 1.82) is 0 Å². The second kappa shape index (κ2) is 5.35. The number of nitrogens with zero attached hydrogens (tertiary/aromatic N) is 1. The Morgan fingerprint density at radius 2 is 2.05 bits per heavy atom. The molecule has 2 rings (SSSR count). The summed E-state index contributed by atoms with van der Waals surface area (Å²) in [6.07, 6.45) is 1.42. The second-order valence-corrected chi connectivity index (χ2v) is 4.65. The van der Waals surface area contributed by atoms with Gasteiger partial charge in [0.05, 0.1) is 6.20 Å². The number of nitrogens with two attached hydrogens (primary N) is 1. The standard InChI is InChI=1S/C11H9BrF2N4O/c12-6-1-7(13)9(8(14)2-6)11(19)16-3-5-4-17-18-10(5)15/h1-2,4H,3H2,(H,16,19)(H3,15,17,18). The molecule has 0 saturated carbocycles. The number of amides is 1. The van der Waals surface area contributed by atoms with Crippen LogP contribution in [0.3, 0.4) is 0 Å². The van der Waals surface area contributed by atoms with Gasteiger partial charge in [0.1, 0.15) is 23.0 Å². The predicted octanol–water partition coefficient (Wildman–Crippen LogP) is 1.96. The molecule has 19 heavy (non-hydrogen) atoms. The van der Waals surface area contributed by atoms with Crippen molar-refractivity contribution in [3.8, 4) is 0 Å². The van der Waals surface area contributed by atoms with E-state index in [2.05, 4.69) is 31.4 Å². The molecule has 0 bridgehead atoms. The van der Waals surface area contributed by atoms with Gasteiger partial charge in [-0.1, -0.05) is 15.9 Å². The van der Waals surface area contributed by atoms with Crippen LogP contribution in [-0.2, 0) is 6.54 Å². The summed E-state index contributed by atoms with van der Waals surface area (Å²) in [6.45, 7) is 0.0239. The average molecular weight is 331 g/mol. The first-order valence-corrected chi connectivity index (χ1v) is 5.99. The van der Waals surface area contributed by atoms with Gasteiger partial charge in [0.15, 0.2) is 0 Å². The largest absolute Gasteiger partial charge is 0.384 e. The molecule has 0 aliphatic rings. The Kier molecular flexibility index (Phi) is 3.79. The van der Waals surface area contributed by atoms with Crippen LogP contribution in [0.4, 0.5) is 14.6 Å². The third-order valence-electron chi connectivity index (χ3n) is 2.42. The highest BCUT2D eigenvalue weighted by Crippen LogP contribution is 2.19. The minimum atomic E-state index is -0.940. The molecule has 0 radical (unpaired) electrons. The van der Waals surface area contributed by atoms with E-state index < -0.39 is 23.1 Å². The molecule has 1 aromatic heterocycles. The number of anilines is 1. The molecule has 0 aliphatic carbocycles. The zero-order valence-electron chi connectivity index (χ0n) is 9.51. The molecule has 0 aliphatic heterocycles. The number of H-pyrrole nitrogens is 1. The van der Waals surface area contributed by atoms with Gasteiger partial charge in [0, 0.05) is 16.6 Å². The second-order valence-electron chi connectivity index (χ2n) is 3.74. The molecule has 0 fully saturated rings. The van der Waals surface area contributed by atoms with Crippen molar-refractivity contribution in [2.75, 3.05) is 5.73 Å². The van der Waals surface area contributed by atoms with Crippen molar-refractivity contribution >= 4 is 27.7 Å². The normalized spacial score (nSPS) is 10.5. The van der Waals surface area contributed by atoms with Crippen molar-refractivity contribution in [3.63, 3.8) is 0 Å². The molecule has 0 unspecified atom stereocenters. The summed E-state index contributed by atoms with van der Waals surface area (Å²) in [7, 11) is 0. The fourth-order valence-electron chi connectivity index (χ4n) is 1.48. The fraction of sp³-hybridized carbons (Fsp3) is 0.0909. The SMILES string of the molecule is Nc1[nH]ncc1CNC(=O)c1c(F)cc(Br)cc1F. The molecule has 4 N–H and O–H groups in total. The van der Waals surface area contributed by atoms with E-state index in [1.165, 1.54) is 6.20 Å². The molecule has 100 valence electrons. The first-order valence-electron chi connectivity index (χ1n) is 5.19. The quantitative estimate of drug-likeness (QED) is 0.804. The number of hydrogen-bond donors (Lipinski definition) is 3. The number of nitrogen functional groups attached to an aromatic ring is 1. The van der Waals surface area contributed by atoms with E-state index in [-0.39, 0.29) is 16.8 Å². The Morgan fingerprint density at radius 3 is 2.58 bits per heavy atom. The van der Waals surface area contributed by atoms with Crippen LogP contribution in [0, 0.1) is 11.6 Å². The number of halogens is 3. The van der Waals surface area contributed by atoms with Gasteiger partial charge in [0.2, 0.25) is 0 Å². The number of carbonyl (C=O) groups is 1. The number of aromatic nitrogens is 2. The molecule has 0 spiro atoms. The van der Waals surface area contributed by atoms with Crippen LogP contribution in [0.2, 0.25) is 0 Å². The molecular weight excluding hydrogens is 322 g/mol. The Balaban J connectivity index is 2.15.